The van der Waals surface area contributed by atoms with E-state index in [1.165, 1.54) is 0 Å². The predicted octanol–water partition coefficient (Wildman–Crippen LogP) is 1.10. The van der Waals surface area contributed by atoms with Crippen molar-refractivity contribution in [1.82, 2.24) is 20.8 Å². The SMILES string of the molecule is CNC(=O)[C@H](C)CNC(=O)c1cc(COc2ccccc2)[nH]n1. The number of carbonyl (C=O) groups excluding carboxylic acids is 2. The topological polar surface area (TPSA) is 96.1 Å². The van der Waals surface area contributed by atoms with E-state index in [4.69, 9.17) is 4.74 Å². The molecule has 0 bridgehead atoms. The molecule has 7 nitrogen and oxygen atoms in total. The lowest BCUT2D eigenvalue weighted by atomic mass is 10.1. The molecule has 7 heteroatoms. The van der Waals surface area contributed by atoms with Gasteiger partial charge >= 0.3 is 0 Å². The number of amides is 2. The molecule has 0 aliphatic carbocycles. The third kappa shape index (κ3) is 4.84. The van der Waals surface area contributed by atoms with Crippen LogP contribution in [0, 0.1) is 5.92 Å². The molecule has 0 radical (unpaired) electrons. The molecule has 23 heavy (non-hydrogen) atoms. The summed E-state index contributed by atoms with van der Waals surface area (Å²) in [4.78, 5) is 23.4. The normalized spacial score (nSPS) is 11.6. The highest BCUT2D eigenvalue weighted by molar-refractivity contribution is 5.92. The van der Waals surface area contributed by atoms with Gasteiger partial charge in [-0.15, -0.1) is 0 Å². The van der Waals surface area contributed by atoms with E-state index in [2.05, 4.69) is 20.8 Å². The van der Waals surface area contributed by atoms with Crippen LogP contribution in [0.2, 0.25) is 0 Å². The van der Waals surface area contributed by atoms with Gasteiger partial charge in [0.25, 0.3) is 5.91 Å². The Labute approximate surface area is 134 Å². The standard InChI is InChI=1S/C16H20N4O3/c1-11(15(21)17-2)9-18-16(22)14-8-12(19-20-14)10-23-13-6-4-3-5-7-13/h3-8,11H,9-10H2,1-2H3,(H,17,21)(H,18,22)(H,19,20)/t11-/m1/s1. The van der Waals surface area contributed by atoms with E-state index in [1.54, 1.807) is 20.0 Å². The van der Waals surface area contributed by atoms with Gasteiger partial charge in [0, 0.05) is 13.6 Å². The summed E-state index contributed by atoms with van der Waals surface area (Å²) in [6, 6.07) is 11.0. The molecule has 0 saturated heterocycles. The van der Waals surface area contributed by atoms with Crippen LogP contribution in [0.5, 0.6) is 5.75 Å². The van der Waals surface area contributed by atoms with Crippen LogP contribution in [0.15, 0.2) is 36.4 Å². The second-order valence-corrected chi connectivity index (χ2v) is 5.11. The Hall–Kier alpha value is -2.83. The Morgan fingerprint density at radius 3 is 2.74 bits per heavy atom. The highest BCUT2D eigenvalue weighted by Gasteiger charge is 2.15. The van der Waals surface area contributed by atoms with Crippen molar-refractivity contribution in [3.63, 3.8) is 0 Å². The van der Waals surface area contributed by atoms with E-state index < -0.39 is 0 Å². The van der Waals surface area contributed by atoms with E-state index in [-0.39, 0.29) is 30.0 Å². The minimum Gasteiger partial charge on any atom is -0.487 e. The number of ether oxygens (including phenoxy) is 1. The van der Waals surface area contributed by atoms with Crippen molar-refractivity contribution < 1.29 is 14.3 Å². The summed E-state index contributed by atoms with van der Waals surface area (Å²) in [6.45, 7) is 2.28. The summed E-state index contributed by atoms with van der Waals surface area (Å²) in [5, 5.41) is 11.9. The number of nitrogens with zero attached hydrogens (tertiary/aromatic N) is 1. The molecule has 0 aliphatic heterocycles. The number of hydrogen-bond donors (Lipinski definition) is 3. The van der Waals surface area contributed by atoms with Gasteiger partial charge in [-0.05, 0) is 18.2 Å². The second-order valence-electron chi connectivity index (χ2n) is 5.11. The van der Waals surface area contributed by atoms with E-state index >= 15 is 0 Å². The average Bonchev–Trinajstić information content (AvgIpc) is 3.06. The van der Waals surface area contributed by atoms with Gasteiger partial charge in [0.2, 0.25) is 5.91 Å². The quantitative estimate of drug-likeness (QED) is 0.713. The minimum absolute atomic E-state index is 0.121. The molecule has 2 aromatic rings. The Bertz CT molecular complexity index is 654. The van der Waals surface area contributed by atoms with Crippen molar-refractivity contribution in [1.29, 1.82) is 0 Å². The summed E-state index contributed by atoms with van der Waals surface area (Å²) in [5.41, 5.74) is 0.958. The van der Waals surface area contributed by atoms with Crippen molar-refractivity contribution >= 4 is 11.8 Å². The minimum atomic E-state index is -0.331. The molecule has 1 aromatic heterocycles. The van der Waals surface area contributed by atoms with Crippen LogP contribution in [0.4, 0.5) is 0 Å². The molecular formula is C16H20N4O3. The van der Waals surface area contributed by atoms with E-state index in [0.717, 1.165) is 5.75 Å². The maximum Gasteiger partial charge on any atom is 0.271 e. The molecule has 2 rings (SSSR count). The number of H-pyrrole nitrogens is 1. The number of aromatic nitrogens is 2. The van der Waals surface area contributed by atoms with Crippen molar-refractivity contribution in [2.75, 3.05) is 13.6 Å². The van der Waals surface area contributed by atoms with Gasteiger partial charge in [0.15, 0.2) is 0 Å². The molecule has 0 fully saturated rings. The molecule has 0 spiro atoms. The molecular weight excluding hydrogens is 296 g/mol. The largest absolute Gasteiger partial charge is 0.487 e. The molecule has 122 valence electrons. The molecule has 1 aromatic carbocycles. The number of nitrogens with one attached hydrogen (secondary N) is 3. The monoisotopic (exact) mass is 316 g/mol. The summed E-state index contributed by atoms with van der Waals surface area (Å²) in [6.07, 6.45) is 0. The number of rotatable bonds is 7. The fourth-order valence-corrected chi connectivity index (χ4v) is 1.91. The van der Waals surface area contributed by atoms with Crippen LogP contribution in [0.3, 0.4) is 0 Å². The lowest BCUT2D eigenvalue weighted by Gasteiger charge is -2.09. The molecule has 1 atom stereocenters. The van der Waals surface area contributed by atoms with Gasteiger partial charge < -0.3 is 15.4 Å². The number of carbonyl (C=O) groups is 2. The predicted molar refractivity (Wildman–Crippen MR) is 84.9 cm³/mol. The van der Waals surface area contributed by atoms with Gasteiger partial charge in [-0.2, -0.15) is 5.10 Å². The molecule has 1 heterocycles. The lowest BCUT2D eigenvalue weighted by Crippen LogP contribution is -2.36. The molecule has 3 N–H and O–H groups in total. The Morgan fingerprint density at radius 2 is 2.04 bits per heavy atom. The van der Waals surface area contributed by atoms with Crippen LogP contribution in [-0.4, -0.2) is 35.6 Å². The van der Waals surface area contributed by atoms with Crippen LogP contribution >= 0.6 is 0 Å². The Kier molecular flexibility index (Phi) is 5.74. The molecule has 0 unspecified atom stereocenters. The summed E-state index contributed by atoms with van der Waals surface area (Å²) < 4.78 is 5.57. The van der Waals surface area contributed by atoms with Gasteiger partial charge in [-0.25, -0.2) is 0 Å². The van der Waals surface area contributed by atoms with E-state index in [9.17, 15) is 9.59 Å². The summed E-state index contributed by atoms with van der Waals surface area (Å²) >= 11 is 0. The molecule has 0 aliphatic rings. The highest BCUT2D eigenvalue weighted by Crippen LogP contribution is 2.11. The highest BCUT2D eigenvalue weighted by atomic mass is 16.5. The van der Waals surface area contributed by atoms with Crippen molar-refractivity contribution in [3.8, 4) is 5.75 Å². The average molecular weight is 316 g/mol. The Balaban J connectivity index is 1.83. The number of aromatic amines is 1. The van der Waals surface area contributed by atoms with Gasteiger partial charge in [-0.3, -0.25) is 14.7 Å². The van der Waals surface area contributed by atoms with Crippen LogP contribution in [0.25, 0.3) is 0 Å². The fraction of sp³-hybridized carbons (Fsp3) is 0.312. The zero-order valence-electron chi connectivity index (χ0n) is 13.1. The zero-order valence-corrected chi connectivity index (χ0v) is 13.1. The van der Waals surface area contributed by atoms with Crippen LogP contribution in [-0.2, 0) is 11.4 Å². The number of benzene rings is 1. The van der Waals surface area contributed by atoms with Crippen molar-refractivity contribution in [2.24, 2.45) is 5.92 Å². The molecule has 2 amide bonds. The van der Waals surface area contributed by atoms with Gasteiger partial charge in [0.05, 0.1) is 11.6 Å². The van der Waals surface area contributed by atoms with E-state index in [1.807, 2.05) is 30.3 Å². The number of para-hydroxylation sites is 1. The van der Waals surface area contributed by atoms with Crippen LogP contribution in [0.1, 0.15) is 23.1 Å². The fourth-order valence-electron chi connectivity index (χ4n) is 1.91. The van der Waals surface area contributed by atoms with Crippen molar-refractivity contribution in [2.45, 2.75) is 13.5 Å². The first kappa shape index (κ1) is 16.5. The maximum atomic E-state index is 12.0. The van der Waals surface area contributed by atoms with Crippen LogP contribution < -0.4 is 15.4 Å². The zero-order chi connectivity index (χ0) is 16.7. The first-order valence-corrected chi connectivity index (χ1v) is 7.32. The molecule has 0 saturated carbocycles. The Morgan fingerprint density at radius 1 is 1.30 bits per heavy atom. The maximum absolute atomic E-state index is 12.0. The third-order valence-electron chi connectivity index (χ3n) is 3.26. The number of hydrogen-bond acceptors (Lipinski definition) is 4. The van der Waals surface area contributed by atoms with Crippen molar-refractivity contribution in [3.05, 3.63) is 47.8 Å². The van der Waals surface area contributed by atoms with Gasteiger partial charge in [0.1, 0.15) is 18.1 Å². The first-order valence-electron chi connectivity index (χ1n) is 7.32. The summed E-state index contributed by atoms with van der Waals surface area (Å²) in [7, 11) is 1.56. The summed E-state index contributed by atoms with van der Waals surface area (Å²) in [5.74, 6) is -0.0106. The van der Waals surface area contributed by atoms with E-state index in [0.29, 0.717) is 12.3 Å². The van der Waals surface area contributed by atoms with Gasteiger partial charge in [-0.1, -0.05) is 25.1 Å². The third-order valence-corrected chi connectivity index (χ3v) is 3.26. The first-order chi connectivity index (χ1) is 11.1. The second kappa shape index (κ2) is 7.98. The smallest absolute Gasteiger partial charge is 0.271 e. The lowest BCUT2D eigenvalue weighted by molar-refractivity contribution is -0.123.